The molecule has 2 aromatic rings. The fourth-order valence-corrected chi connectivity index (χ4v) is 3.83. The molecule has 6 heteroatoms. The van der Waals surface area contributed by atoms with E-state index in [9.17, 15) is 0 Å². The van der Waals surface area contributed by atoms with Gasteiger partial charge in [0.25, 0.3) is 0 Å². The first kappa shape index (κ1) is 14.6. The maximum atomic E-state index is 4.42. The van der Waals surface area contributed by atoms with Gasteiger partial charge in [0, 0.05) is 31.2 Å². The van der Waals surface area contributed by atoms with Crippen molar-refractivity contribution < 1.29 is 0 Å². The molecule has 2 aromatic heterocycles. The number of nitrogens with one attached hydrogen (secondary N) is 1. The minimum absolute atomic E-state index is 0.366. The van der Waals surface area contributed by atoms with Crippen LogP contribution >= 0.6 is 0 Å². The van der Waals surface area contributed by atoms with Crippen LogP contribution in [-0.4, -0.2) is 39.4 Å². The van der Waals surface area contributed by atoms with E-state index in [2.05, 4.69) is 49.0 Å². The number of fused-ring (bicyclic) bond motifs is 1. The normalized spacial score (nSPS) is 24.8. The maximum absolute atomic E-state index is 4.42. The Bertz CT molecular complexity index is 632. The molecule has 0 aromatic carbocycles. The largest absolute Gasteiger partial charge is 0.371 e. The number of aromatic nitrogens is 4. The van der Waals surface area contributed by atoms with E-state index in [0.29, 0.717) is 12.1 Å². The van der Waals surface area contributed by atoms with Crippen LogP contribution in [0.4, 0.5) is 5.69 Å². The lowest BCUT2D eigenvalue weighted by molar-refractivity contribution is 0.355. The number of hydrogen-bond acceptors (Lipinski definition) is 5. The summed E-state index contributed by atoms with van der Waals surface area (Å²) in [5, 5.41) is 8.05. The van der Waals surface area contributed by atoms with Crippen molar-refractivity contribution in [3.05, 3.63) is 36.7 Å². The van der Waals surface area contributed by atoms with Gasteiger partial charge in [0.2, 0.25) is 0 Å². The van der Waals surface area contributed by atoms with Gasteiger partial charge in [-0.25, -0.2) is 9.67 Å². The van der Waals surface area contributed by atoms with Crippen LogP contribution in [0.2, 0.25) is 0 Å². The van der Waals surface area contributed by atoms with Crippen LogP contribution in [0.25, 0.3) is 0 Å². The second kappa shape index (κ2) is 6.28. The van der Waals surface area contributed by atoms with Gasteiger partial charge in [0.1, 0.15) is 12.2 Å². The van der Waals surface area contributed by atoms with Crippen molar-refractivity contribution in [1.29, 1.82) is 0 Å². The van der Waals surface area contributed by atoms with Crippen LogP contribution in [0.15, 0.2) is 30.9 Å². The molecular formula is C17H24N6. The van der Waals surface area contributed by atoms with E-state index in [4.69, 9.17) is 0 Å². The summed E-state index contributed by atoms with van der Waals surface area (Å²) < 4.78 is 2.06. The first-order chi connectivity index (χ1) is 11.3. The van der Waals surface area contributed by atoms with Gasteiger partial charge in [-0.15, -0.1) is 0 Å². The van der Waals surface area contributed by atoms with Gasteiger partial charge in [-0.2, -0.15) is 5.10 Å². The van der Waals surface area contributed by atoms with Crippen molar-refractivity contribution in [2.24, 2.45) is 5.92 Å². The number of anilines is 1. The SMILES string of the molecule is CC1CC(NCC2CCN(c3ccncc3)CC2)c2ncnn21. The fourth-order valence-electron chi connectivity index (χ4n) is 3.83. The van der Waals surface area contributed by atoms with E-state index in [-0.39, 0.29) is 0 Å². The van der Waals surface area contributed by atoms with Crippen LogP contribution in [0, 0.1) is 5.92 Å². The smallest absolute Gasteiger partial charge is 0.144 e. The minimum atomic E-state index is 0.366. The first-order valence-corrected chi connectivity index (χ1v) is 8.59. The molecule has 2 aliphatic rings. The summed E-state index contributed by atoms with van der Waals surface area (Å²) in [4.78, 5) is 11.0. The highest BCUT2D eigenvalue weighted by Crippen LogP contribution is 2.32. The summed E-state index contributed by atoms with van der Waals surface area (Å²) >= 11 is 0. The third-order valence-corrected chi connectivity index (χ3v) is 5.20. The molecule has 4 heterocycles. The standard InChI is InChI=1S/C17H24N6/c1-13-10-16(17-20-12-21-23(13)17)19-11-14-4-8-22(9-5-14)15-2-6-18-7-3-15/h2-3,6-7,12-14,16,19H,4-5,8-11H2,1H3. The van der Waals surface area contributed by atoms with Crippen LogP contribution in [0.5, 0.6) is 0 Å². The molecule has 2 atom stereocenters. The molecule has 1 saturated heterocycles. The van der Waals surface area contributed by atoms with Crippen molar-refractivity contribution in [2.45, 2.75) is 38.3 Å². The van der Waals surface area contributed by atoms with Gasteiger partial charge in [-0.3, -0.25) is 4.98 Å². The Kier molecular flexibility index (Phi) is 3.99. The zero-order valence-electron chi connectivity index (χ0n) is 13.6. The highest BCUT2D eigenvalue weighted by molar-refractivity contribution is 5.44. The van der Waals surface area contributed by atoms with Gasteiger partial charge >= 0.3 is 0 Å². The molecule has 122 valence electrons. The number of piperidine rings is 1. The molecule has 2 aliphatic heterocycles. The van der Waals surface area contributed by atoms with E-state index >= 15 is 0 Å². The summed E-state index contributed by atoms with van der Waals surface area (Å²) in [5.41, 5.74) is 1.30. The molecule has 0 saturated carbocycles. The van der Waals surface area contributed by atoms with Gasteiger partial charge in [-0.05, 0) is 50.8 Å². The second-order valence-electron chi connectivity index (χ2n) is 6.74. The molecule has 0 aliphatic carbocycles. The van der Waals surface area contributed by atoms with Gasteiger partial charge in [-0.1, -0.05) is 0 Å². The second-order valence-corrected chi connectivity index (χ2v) is 6.74. The topological polar surface area (TPSA) is 58.9 Å². The average Bonchev–Trinajstić information content (AvgIpc) is 3.19. The third-order valence-electron chi connectivity index (χ3n) is 5.20. The first-order valence-electron chi connectivity index (χ1n) is 8.59. The Morgan fingerprint density at radius 3 is 2.78 bits per heavy atom. The van der Waals surface area contributed by atoms with Crippen LogP contribution in [0.1, 0.15) is 44.1 Å². The predicted octanol–water partition coefficient (Wildman–Crippen LogP) is 2.19. The quantitative estimate of drug-likeness (QED) is 0.938. The molecule has 0 spiro atoms. The molecular weight excluding hydrogens is 288 g/mol. The Morgan fingerprint density at radius 1 is 1.22 bits per heavy atom. The molecule has 1 N–H and O–H groups in total. The van der Waals surface area contributed by atoms with E-state index in [1.165, 1.54) is 18.5 Å². The molecule has 23 heavy (non-hydrogen) atoms. The molecule has 0 amide bonds. The molecule has 0 radical (unpaired) electrons. The Morgan fingerprint density at radius 2 is 2.00 bits per heavy atom. The number of nitrogens with zero attached hydrogens (tertiary/aromatic N) is 5. The fraction of sp³-hybridized carbons (Fsp3) is 0.588. The summed E-state index contributed by atoms with van der Waals surface area (Å²) in [6.07, 6.45) is 9.01. The third kappa shape index (κ3) is 2.95. The zero-order chi connectivity index (χ0) is 15.6. The lowest BCUT2D eigenvalue weighted by Gasteiger charge is -2.34. The lowest BCUT2D eigenvalue weighted by atomic mass is 9.96. The number of rotatable bonds is 4. The van der Waals surface area contributed by atoms with Crippen LogP contribution in [0.3, 0.4) is 0 Å². The predicted molar refractivity (Wildman–Crippen MR) is 89.3 cm³/mol. The van der Waals surface area contributed by atoms with E-state index in [0.717, 1.165) is 37.8 Å². The molecule has 6 nitrogen and oxygen atoms in total. The van der Waals surface area contributed by atoms with Crippen molar-refractivity contribution in [3.63, 3.8) is 0 Å². The maximum Gasteiger partial charge on any atom is 0.144 e. The van der Waals surface area contributed by atoms with Crippen LogP contribution in [-0.2, 0) is 0 Å². The number of pyridine rings is 1. The van der Waals surface area contributed by atoms with Crippen molar-refractivity contribution in [3.8, 4) is 0 Å². The monoisotopic (exact) mass is 312 g/mol. The van der Waals surface area contributed by atoms with E-state index < -0.39 is 0 Å². The van der Waals surface area contributed by atoms with Crippen molar-refractivity contribution >= 4 is 5.69 Å². The van der Waals surface area contributed by atoms with Crippen LogP contribution < -0.4 is 10.2 Å². The Balaban J connectivity index is 1.28. The van der Waals surface area contributed by atoms with Crippen molar-refractivity contribution in [1.82, 2.24) is 25.1 Å². The molecule has 0 bridgehead atoms. The highest BCUT2D eigenvalue weighted by atomic mass is 15.4. The molecule has 2 unspecified atom stereocenters. The van der Waals surface area contributed by atoms with E-state index in [1.807, 2.05) is 12.4 Å². The van der Waals surface area contributed by atoms with Crippen molar-refractivity contribution in [2.75, 3.05) is 24.5 Å². The highest BCUT2D eigenvalue weighted by Gasteiger charge is 2.30. The Hall–Kier alpha value is -1.95. The average molecular weight is 312 g/mol. The van der Waals surface area contributed by atoms with Gasteiger partial charge < -0.3 is 10.2 Å². The van der Waals surface area contributed by atoms with Gasteiger partial charge in [0.05, 0.1) is 12.1 Å². The van der Waals surface area contributed by atoms with E-state index in [1.54, 1.807) is 6.33 Å². The molecule has 1 fully saturated rings. The van der Waals surface area contributed by atoms with Gasteiger partial charge in [0.15, 0.2) is 0 Å². The zero-order valence-corrected chi connectivity index (χ0v) is 13.6. The Labute approximate surface area is 136 Å². The minimum Gasteiger partial charge on any atom is -0.371 e. The number of hydrogen-bond donors (Lipinski definition) is 1. The molecule has 4 rings (SSSR count). The lowest BCUT2D eigenvalue weighted by Crippen LogP contribution is -2.38. The summed E-state index contributed by atoms with van der Waals surface area (Å²) in [6.45, 7) is 5.56. The summed E-state index contributed by atoms with van der Waals surface area (Å²) in [5.74, 6) is 1.85. The summed E-state index contributed by atoms with van der Waals surface area (Å²) in [7, 11) is 0. The summed E-state index contributed by atoms with van der Waals surface area (Å²) in [6, 6.07) is 5.03.